The van der Waals surface area contributed by atoms with Crippen LogP contribution in [0.4, 0.5) is 11.4 Å². The molecule has 0 saturated carbocycles. The largest absolute Gasteiger partial charge is 0.377 e. The smallest absolute Gasteiger partial charge is 0.253 e. The molecule has 0 saturated heterocycles. The summed E-state index contributed by atoms with van der Waals surface area (Å²) in [5.74, 6) is -0.0870. The predicted molar refractivity (Wildman–Crippen MR) is 124 cm³/mol. The standard InChI is InChI=1S/C24H41N3O2/c1-5-7-8-9-10-11-12-13-14-15-23(28)26-20-16-17-22(27(3)4)21(19-20)24(29)25-18-6-2/h16-17,19H,5-15,18H2,1-4H3,(H,25,29)(H,26,28). The number of nitrogens with zero attached hydrogens (tertiary/aromatic N) is 1. The van der Waals surface area contributed by atoms with Crippen LogP contribution in [-0.2, 0) is 4.79 Å². The van der Waals surface area contributed by atoms with Gasteiger partial charge in [0, 0.05) is 38.4 Å². The number of carbonyl (C=O) groups is 2. The molecule has 2 N–H and O–H groups in total. The lowest BCUT2D eigenvalue weighted by Gasteiger charge is -2.18. The molecule has 0 atom stereocenters. The van der Waals surface area contributed by atoms with Gasteiger partial charge in [0.15, 0.2) is 0 Å². The first-order chi connectivity index (χ1) is 14.0. The van der Waals surface area contributed by atoms with Crippen LogP contribution >= 0.6 is 0 Å². The van der Waals surface area contributed by atoms with Crippen LogP contribution in [0.15, 0.2) is 18.2 Å². The summed E-state index contributed by atoms with van der Waals surface area (Å²) in [5, 5.41) is 5.86. The van der Waals surface area contributed by atoms with Crippen LogP contribution < -0.4 is 15.5 Å². The molecule has 0 bridgehead atoms. The van der Waals surface area contributed by atoms with Crippen molar-refractivity contribution in [3.8, 4) is 0 Å². The van der Waals surface area contributed by atoms with Crippen LogP contribution in [-0.4, -0.2) is 32.5 Å². The minimum absolute atomic E-state index is 0.0189. The average molecular weight is 404 g/mol. The van der Waals surface area contributed by atoms with E-state index in [1.807, 2.05) is 38.1 Å². The Morgan fingerprint density at radius 1 is 0.862 bits per heavy atom. The van der Waals surface area contributed by atoms with Crippen LogP contribution in [0.1, 0.15) is 94.8 Å². The van der Waals surface area contributed by atoms with E-state index in [1.54, 1.807) is 6.07 Å². The summed E-state index contributed by atoms with van der Waals surface area (Å²) < 4.78 is 0. The molecule has 2 amide bonds. The summed E-state index contributed by atoms with van der Waals surface area (Å²) in [6, 6.07) is 5.52. The molecule has 1 aromatic carbocycles. The zero-order valence-electron chi connectivity index (χ0n) is 19.0. The molecule has 0 aliphatic heterocycles. The van der Waals surface area contributed by atoms with E-state index in [2.05, 4.69) is 17.6 Å². The summed E-state index contributed by atoms with van der Waals surface area (Å²) in [6.07, 6.45) is 12.6. The first-order valence-electron chi connectivity index (χ1n) is 11.4. The molecule has 1 rings (SSSR count). The Bertz CT molecular complexity index is 614. The lowest BCUT2D eigenvalue weighted by molar-refractivity contribution is -0.116. The number of benzene rings is 1. The first-order valence-corrected chi connectivity index (χ1v) is 11.4. The van der Waals surface area contributed by atoms with Crippen molar-refractivity contribution in [2.24, 2.45) is 0 Å². The number of hydrogen-bond donors (Lipinski definition) is 2. The second-order valence-corrected chi connectivity index (χ2v) is 8.01. The van der Waals surface area contributed by atoms with Gasteiger partial charge >= 0.3 is 0 Å². The van der Waals surface area contributed by atoms with E-state index in [4.69, 9.17) is 0 Å². The maximum absolute atomic E-state index is 12.5. The van der Waals surface area contributed by atoms with Gasteiger partial charge < -0.3 is 15.5 Å². The summed E-state index contributed by atoms with van der Waals surface area (Å²) in [6.45, 7) is 4.90. The van der Waals surface area contributed by atoms with Crippen molar-refractivity contribution < 1.29 is 9.59 Å². The molecule has 0 spiro atoms. The third-order valence-corrected chi connectivity index (χ3v) is 5.05. The van der Waals surface area contributed by atoms with Crippen molar-refractivity contribution in [2.45, 2.75) is 84.5 Å². The Labute approximate surface area is 177 Å². The monoisotopic (exact) mass is 403 g/mol. The van der Waals surface area contributed by atoms with Gasteiger partial charge in [0.1, 0.15) is 0 Å². The quantitative estimate of drug-likeness (QED) is 0.366. The van der Waals surface area contributed by atoms with Crippen LogP contribution in [0.5, 0.6) is 0 Å². The zero-order chi connectivity index (χ0) is 21.5. The summed E-state index contributed by atoms with van der Waals surface area (Å²) in [5.41, 5.74) is 2.11. The van der Waals surface area contributed by atoms with Gasteiger partial charge in [-0.15, -0.1) is 0 Å². The van der Waals surface area contributed by atoms with Gasteiger partial charge in [-0.25, -0.2) is 0 Å². The van der Waals surface area contributed by atoms with Crippen molar-refractivity contribution in [3.05, 3.63) is 23.8 Å². The fourth-order valence-electron chi connectivity index (χ4n) is 3.34. The molecule has 0 aliphatic carbocycles. The van der Waals surface area contributed by atoms with Crippen LogP contribution in [0.3, 0.4) is 0 Å². The van der Waals surface area contributed by atoms with Crippen molar-refractivity contribution in [3.63, 3.8) is 0 Å². The van der Waals surface area contributed by atoms with E-state index in [-0.39, 0.29) is 11.8 Å². The van der Waals surface area contributed by atoms with Crippen molar-refractivity contribution >= 4 is 23.2 Å². The topological polar surface area (TPSA) is 61.4 Å². The third kappa shape index (κ3) is 10.3. The second-order valence-electron chi connectivity index (χ2n) is 8.01. The highest BCUT2D eigenvalue weighted by Gasteiger charge is 2.14. The molecular weight excluding hydrogens is 362 g/mol. The number of amides is 2. The average Bonchev–Trinajstić information content (AvgIpc) is 2.70. The highest BCUT2D eigenvalue weighted by molar-refractivity contribution is 6.02. The second kappa shape index (κ2) is 14.9. The van der Waals surface area contributed by atoms with E-state index < -0.39 is 0 Å². The maximum atomic E-state index is 12.5. The Balaban J connectivity index is 2.43. The van der Waals surface area contributed by atoms with Crippen LogP contribution in [0.2, 0.25) is 0 Å². The van der Waals surface area contributed by atoms with Crippen molar-refractivity contribution in [2.75, 3.05) is 30.9 Å². The predicted octanol–water partition coefficient (Wildman–Crippen LogP) is 5.75. The number of carbonyl (C=O) groups excluding carboxylic acids is 2. The lowest BCUT2D eigenvalue weighted by Crippen LogP contribution is -2.26. The van der Waals surface area contributed by atoms with E-state index >= 15 is 0 Å². The number of hydrogen-bond acceptors (Lipinski definition) is 3. The van der Waals surface area contributed by atoms with Gasteiger partial charge in [-0.3, -0.25) is 9.59 Å². The minimum Gasteiger partial charge on any atom is -0.377 e. The van der Waals surface area contributed by atoms with Gasteiger partial charge in [0.25, 0.3) is 5.91 Å². The Morgan fingerprint density at radius 3 is 2.07 bits per heavy atom. The zero-order valence-corrected chi connectivity index (χ0v) is 19.0. The normalized spacial score (nSPS) is 10.6. The van der Waals surface area contributed by atoms with E-state index in [9.17, 15) is 9.59 Å². The van der Waals surface area contributed by atoms with E-state index in [0.717, 1.165) is 24.9 Å². The number of nitrogens with one attached hydrogen (secondary N) is 2. The summed E-state index contributed by atoms with van der Waals surface area (Å²) in [7, 11) is 3.82. The van der Waals surface area contributed by atoms with E-state index in [0.29, 0.717) is 24.2 Å². The highest BCUT2D eigenvalue weighted by Crippen LogP contribution is 2.23. The number of unbranched alkanes of at least 4 members (excludes halogenated alkanes) is 8. The molecule has 1 aromatic rings. The molecule has 0 fully saturated rings. The molecule has 0 unspecified atom stereocenters. The molecule has 164 valence electrons. The van der Waals surface area contributed by atoms with Gasteiger partial charge in [-0.1, -0.05) is 65.2 Å². The molecule has 0 heterocycles. The summed E-state index contributed by atoms with van der Waals surface area (Å²) >= 11 is 0. The van der Waals surface area contributed by atoms with Crippen molar-refractivity contribution in [1.29, 1.82) is 0 Å². The molecule has 5 heteroatoms. The third-order valence-electron chi connectivity index (χ3n) is 5.05. The molecule has 0 radical (unpaired) electrons. The first kappa shape index (κ1) is 25.0. The molecule has 5 nitrogen and oxygen atoms in total. The highest BCUT2D eigenvalue weighted by atomic mass is 16.2. The molecule has 0 aliphatic rings. The fraction of sp³-hybridized carbons (Fsp3) is 0.667. The molecule has 0 aromatic heterocycles. The van der Waals surface area contributed by atoms with Gasteiger partial charge in [-0.2, -0.15) is 0 Å². The Morgan fingerprint density at radius 2 is 1.48 bits per heavy atom. The van der Waals surface area contributed by atoms with Crippen LogP contribution in [0.25, 0.3) is 0 Å². The van der Waals surface area contributed by atoms with Gasteiger partial charge in [0.05, 0.1) is 5.56 Å². The SMILES string of the molecule is CCCCCCCCCCCC(=O)Nc1ccc(N(C)C)c(C(=O)NCCC)c1. The maximum Gasteiger partial charge on any atom is 0.253 e. The van der Waals surface area contributed by atoms with Gasteiger partial charge in [-0.05, 0) is 31.0 Å². The lowest BCUT2D eigenvalue weighted by atomic mass is 10.1. The Kier molecular flexibility index (Phi) is 12.8. The number of rotatable bonds is 15. The van der Waals surface area contributed by atoms with E-state index in [1.165, 1.54) is 44.9 Å². The minimum atomic E-state index is -0.106. The fourth-order valence-corrected chi connectivity index (χ4v) is 3.34. The molecular formula is C24H41N3O2. The van der Waals surface area contributed by atoms with Crippen LogP contribution in [0, 0.1) is 0 Å². The Hall–Kier alpha value is -2.04. The van der Waals surface area contributed by atoms with Gasteiger partial charge in [0.2, 0.25) is 5.91 Å². The number of anilines is 2. The molecule has 29 heavy (non-hydrogen) atoms. The summed E-state index contributed by atoms with van der Waals surface area (Å²) in [4.78, 5) is 26.7. The van der Waals surface area contributed by atoms with Crippen molar-refractivity contribution in [1.82, 2.24) is 5.32 Å².